The number of hydrogen-bond acceptors (Lipinski definition) is 3. The molecular weight excluding hydrogens is 347 g/mol. The van der Waals surface area contributed by atoms with Gasteiger partial charge >= 0.3 is 0 Å². The molecule has 0 saturated carbocycles. The second-order valence-corrected chi connectivity index (χ2v) is 6.85. The fourth-order valence-corrected chi connectivity index (χ4v) is 3.66. The number of amides is 2. The van der Waals surface area contributed by atoms with Crippen LogP contribution in [0.1, 0.15) is 30.3 Å². The first-order valence-electron chi connectivity index (χ1n) is 8.76. The van der Waals surface area contributed by atoms with E-state index in [0.717, 1.165) is 0 Å². The molecule has 0 aromatic carbocycles. The summed E-state index contributed by atoms with van der Waals surface area (Å²) in [6.45, 7) is 2.15. The molecule has 6 nitrogen and oxygen atoms in total. The number of aromatic nitrogens is 2. The molecule has 2 aliphatic rings. The Bertz CT molecular complexity index is 963. The SMILES string of the molecule is C[C@@]12CC=C(F)C=C1N(CCC(=O)Nc1ccncc1)C(=O)c1cccn12. The molecule has 1 aliphatic heterocycles. The molecule has 1 N–H and O–H groups in total. The molecule has 138 valence electrons. The monoisotopic (exact) mass is 366 g/mol. The number of hydrogen-bond donors (Lipinski definition) is 1. The van der Waals surface area contributed by atoms with E-state index in [1.54, 1.807) is 30.6 Å². The molecule has 2 amide bonds. The molecule has 27 heavy (non-hydrogen) atoms. The number of pyridine rings is 1. The Kier molecular flexibility index (Phi) is 4.14. The maximum atomic E-state index is 14.0. The van der Waals surface area contributed by atoms with E-state index in [2.05, 4.69) is 10.3 Å². The van der Waals surface area contributed by atoms with E-state index in [1.807, 2.05) is 23.8 Å². The Balaban J connectivity index is 1.57. The summed E-state index contributed by atoms with van der Waals surface area (Å²) in [7, 11) is 0. The lowest BCUT2D eigenvalue weighted by Gasteiger charge is -2.45. The molecule has 3 heterocycles. The van der Waals surface area contributed by atoms with Crippen molar-refractivity contribution < 1.29 is 14.0 Å². The summed E-state index contributed by atoms with van der Waals surface area (Å²) in [5, 5.41) is 2.77. The highest BCUT2D eigenvalue weighted by atomic mass is 19.1. The maximum absolute atomic E-state index is 14.0. The summed E-state index contributed by atoms with van der Waals surface area (Å²) < 4.78 is 15.9. The van der Waals surface area contributed by atoms with E-state index in [-0.39, 0.29) is 30.6 Å². The van der Waals surface area contributed by atoms with E-state index in [4.69, 9.17) is 0 Å². The largest absolute Gasteiger partial charge is 0.332 e. The van der Waals surface area contributed by atoms with Crippen LogP contribution >= 0.6 is 0 Å². The van der Waals surface area contributed by atoms with Gasteiger partial charge in [0.05, 0.1) is 11.2 Å². The highest BCUT2D eigenvalue weighted by Crippen LogP contribution is 2.42. The average molecular weight is 366 g/mol. The number of allylic oxidation sites excluding steroid dienone is 4. The van der Waals surface area contributed by atoms with Gasteiger partial charge in [-0.15, -0.1) is 0 Å². The molecule has 1 atom stereocenters. The van der Waals surface area contributed by atoms with Crippen molar-refractivity contribution in [1.82, 2.24) is 14.5 Å². The van der Waals surface area contributed by atoms with E-state index in [9.17, 15) is 14.0 Å². The average Bonchev–Trinajstić information content (AvgIpc) is 3.16. The number of rotatable bonds is 4. The zero-order valence-corrected chi connectivity index (χ0v) is 14.9. The van der Waals surface area contributed by atoms with Gasteiger partial charge < -0.3 is 14.8 Å². The van der Waals surface area contributed by atoms with Gasteiger partial charge in [0.25, 0.3) is 5.91 Å². The summed E-state index contributed by atoms with van der Waals surface area (Å²) in [6.07, 6.45) is 8.48. The maximum Gasteiger partial charge on any atom is 0.274 e. The van der Waals surface area contributed by atoms with Gasteiger partial charge in [0, 0.05) is 37.2 Å². The van der Waals surface area contributed by atoms with Crippen molar-refractivity contribution in [1.29, 1.82) is 0 Å². The Morgan fingerprint density at radius 2 is 2.11 bits per heavy atom. The third-order valence-corrected chi connectivity index (χ3v) is 5.08. The van der Waals surface area contributed by atoms with Crippen molar-refractivity contribution in [2.24, 2.45) is 0 Å². The van der Waals surface area contributed by atoms with Gasteiger partial charge in [-0.1, -0.05) is 0 Å². The van der Waals surface area contributed by atoms with Crippen LogP contribution in [0.2, 0.25) is 0 Å². The fourth-order valence-electron chi connectivity index (χ4n) is 3.66. The van der Waals surface area contributed by atoms with E-state index >= 15 is 0 Å². The number of halogens is 1. The molecule has 7 heteroatoms. The van der Waals surface area contributed by atoms with Gasteiger partial charge in [0.15, 0.2) is 0 Å². The number of anilines is 1. The minimum absolute atomic E-state index is 0.105. The van der Waals surface area contributed by atoms with Gasteiger partial charge in [-0.2, -0.15) is 0 Å². The molecule has 2 aromatic heterocycles. The van der Waals surface area contributed by atoms with Crippen LogP contribution in [0, 0.1) is 0 Å². The quantitative estimate of drug-likeness (QED) is 0.903. The molecular formula is C20H19FN4O2. The topological polar surface area (TPSA) is 67.2 Å². The zero-order valence-electron chi connectivity index (χ0n) is 14.9. The third kappa shape index (κ3) is 2.95. The smallest absolute Gasteiger partial charge is 0.274 e. The Morgan fingerprint density at radius 3 is 2.89 bits per heavy atom. The van der Waals surface area contributed by atoms with Crippen molar-refractivity contribution >= 4 is 17.5 Å². The molecule has 0 fully saturated rings. The fraction of sp³-hybridized carbons (Fsp3) is 0.250. The van der Waals surface area contributed by atoms with Gasteiger partial charge in [-0.05, 0) is 49.8 Å². The van der Waals surface area contributed by atoms with Gasteiger partial charge in [0.2, 0.25) is 5.91 Å². The Labute approximate surface area is 156 Å². The van der Waals surface area contributed by atoms with Gasteiger partial charge in [0.1, 0.15) is 11.5 Å². The van der Waals surface area contributed by atoms with Crippen molar-refractivity contribution in [2.45, 2.75) is 25.3 Å². The van der Waals surface area contributed by atoms with Crippen LogP contribution in [0.25, 0.3) is 0 Å². The summed E-state index contributed by atoms with van der Waals surface area (Å²) in [5.74, 6) is -0.809. The summed E-state index contributed by atoms with van der Waals surface area (Å²) in [5.41, 5.74) is 1.21. The first-order chi connectivity index (χ1) is 13.0. The van der Waals surface area contributed by atoms with Crippen molar-refractivity contribution in [3.8, 4) is 0 Å². The third-order valence-electron chi connectivity index (χ3n) is 5.08. The lowest BCUT2D eigenvalue weighted by Crippen LogP contribution is -2.51. The predicted octanol–water partition coefficient (Wildman–Crippen LogP) is 3.22. The van der Waals surface area contributed by atoms with Crippen LogP contribution in [0.4, 0.5) is 10.1 Å². The Morgan fingerprint density at radius 1 is 1.33 bits per heavy atom. The van der Waals surface area contributed by atoms with Crippen molar-refractivity contribution in [3.05, 3.63) is 72.2 Å². The molecule has 0 saturated heterocycles. The number of carbonyl (C=O) groups is 2. The molecule has 0 spiro atoms. The highest BCUT2D eigenvalue weighted by Gasteiger charge is 2.44. The van der Waals surface area contributed by atoms with E-state index < -0.39 is 5.54 Å². The normalized spacial score (nSPS) is 21.1. The highest BCUT2D eigenvalue weighted by molar-refractivity contribution is 5.96. The Hall–Kier alpha value is -3.22. The van der Waals surface area contributed by atoms with Crippen molar-refractivity contribution in [3.63, 3.8) is 0 Å². The minimum Gasteiger partial charge on any atom is -0.332 e. The lowest BCUT2D eigenvalue weighted by molar-refractivity contribution is -0.116. The van der Waals surface area contributed by atoms with Gasteiger partial charge in [-0.3, -0.25) is 14.6 Å². The number of carbonyl (C=O) groups excluding carboxylic acids is 2. The lowest BCUT2D eigenvalue weighted by atomic mass is 9.85. The van der Waals surface area contributed by atoms with E-state index in [1.165, 1.54) is 17.1 Å². The van der Waals surface area contributed by atoms with Crippen LogP contribution in [-0.4, -0.2) is 32.8 Å². The second-order valence-electron chi connectivity index (χ2n) is 6.85. The van der Waals surface area contributed by atoms with Crippen LogP contribution in [-0.2, 0) is 10.3 Å². The molecule has 4 rings (SSSR count). The minimum atomic E-state index is -0.552. The molecule has 0 bridgehead atoms. The summed E-state index contributed by atoms with van der Waals surface area (Å²) in [4.78, 5) is 30.6. The standard InChI is InChI=1S/C20H19FN4O2/c1-20-8-4-14(21)13-17(20)24(19(27)16-3-2-11-25(16)20)12-7-18(26)23-15-5-9-22-10-6-15/h2-6,9-11,13H,7-8,12H2,1H3,(H,22,23,26)/t20-/m1/s1. The zero-order chi connectivity index (χ0) is 19.0. The van der Waals surface area contributed by atoms with Crippen LogP contribution in [0.3, 0.4) is 0 Å². The van der Waals surface area contributed by atoms with Gasteiger partial charge in [-0.25, -0.2) is 4.39 Å². The number of nitrogens with zero attached hydrogens (tertiary/aromatic N) is 3. The number of nitrogens with one attached hydrogen (secondary N) is 1. The molecule has 1 aliphatic carbocycles. The molecule has 0 unspecified atom stereocenters. The molecule has 0 radical (unpaired) electrons. The predicted molar refractivity (Wildman–Crippen MR) is 98.5 cm³/mol. The van der Waals surface area contributed by atoms with Crippen molar-refractivity contribution in [2.75, 3.05) is 11.9 Å². The first-order valence-corrected chi connectivity index (χ1v) is 8.76. The van der Waals surface area contributed by atoms with Crippen LogP contribution < -0.4 is 5.32 Å². The number of fused-ring (bicyclic) bond motifs is 3. The summed E-state index contributed by atoms with van der Waals surface area (Å²) >= 11 is 0. The molecule has 2 aromatic rings. The second kappa shape index (κ2) is 6.50. The van der Waals surface area contributed by atoms with Crippen LogP contribution in [0.15, 0.2) is 66.5 Å². The first kappa shape index (κ1) is 17.2. The summed E-state index contributed by atoms with van der Waals surface area (Å²) in [6, 6.07) is 6.95. The van der Waals surface area contributed by atoms with Crippen LogP contribution in [0.5, 0.6) is 0 Å². The van der Waals surface area contributed by atoms with E-state index in [0.29, 0.717) is 23.5 Å².